The zero-order valence-corrected chi connectivity index (χ0v) is 10.1. The SMILES string of the molecule is CNCC(O)C(O)c1cc(F)c(Cl)c(Cl)c1. The van der Waals surface area contributed by atoms with Crippen molar-refractivity contribution < 1.29 is 14.6 Å². The van der Waals surface area contributed by atoms with Crippen molar-refractivity contribution >= 4 is 23.2 Å². The van der Waals surface area contributed by atoms with Crippen LogP contribution in [-0.2, 0) is 0 Å². The van der Waals surface area contributed by atoms with Gasteiger partial charge in [0.1, 0.15) is 11.9 Å². The van der Waals surface area contributed by atoms with Crippen LogP contribution in [0, 0.1) is 5.82 Å². The molecule has 0 saturated heterocycles. The number of nitrogens with one attached hydrogen (secondary N) is 1. The molecule has 0 aromatic heterocycles. The van der Waals surface area contributed by atoms with E-state index in [9.17, 15) is 14.6 Å². The zero-order valence-electron chi connectivity index (χ0n) is 8.54. The van der Waals surface area contributed by atoms with Crippen molar-refractivity contribution in [1.82, 2.24) is 5.32 Å². The average molecular weight is 268 g/mol. The molecular weight excluding hydrogens is 256 g/mol. The Hall–Kier alpha value is -0.390. The Balaban J connectivity index is 2.96. The van der Waals surface area contributed by atoms with Crippen LogP contribution in [0.15, 0.2) is 12.1 Å². The lowest BCUT2D eigenvalue weighted by Crippen LogP contribution is -2.29. The molecule has 1 aromatic carbocycles. The van der Waals surface area contributed by atoms with Crippen molar-refractivity contribution in [2.75, 3.05) is 13.6 Å². The first-order chi connectivity index (χ1) is 7.47. The van der Waals surface area contributed by atoms with Crippen molar-refractivity contribution in [3.63, 3.8) is 0 Å². The number of benzene rings is 1. The molecule has 0 aliphatic heterocycles. The molecule has 0 heterocycles. The fourth-order valence-corrected chi connectivity index (χ4v) is 1.61. The van der Waals surface area contributed by atoms with Crippen molar-refractivity contribution in [1.29, 1.82) is 0 Å². The Bertz CT molecular complexity index is 353. The van der Waals surface area contributed by atoms with Gasteiger partial charge in [0.25, 0.3) is 0 Å². The highest BCUT2D eigenvalue weighted by Gasteiger charge is 2.20. The van der Waals surface area contributed by atoms with E-state index in [0.717, 1.165) is 6.07 Å². The molecule has 0 aliphatic carbocycles. The van der Waals surface area contributed by atoms with Crippen LogP contribution < -0.4 is 5.32 Å². The van der Waals surface area contributed by atoms with Gasteiger partial charge < -0.3 is 15.5 Å². The van der Waals surface area contributed by atoms with Gasteiger partial charge in [-0.05, 0) is 24.7 Å². The Morgan fingerprint density at radius 3 is 2.50 bits per heavy atom. The Kier molecular flexibility index (Phi) is 4.95. The largest absolute Gasteiger partial charge is 0.389 e. The lowest BCUT2D eigenvalue weighted by Gasteiger charge is -2.18. The summed E-state index contributed by atoms with van der Waals surface area (Å²) < 4.78 is 13.2. The molecule has 3 N–H and O–H groups in total. The first-order valence-corrected chi connectivity index (χ1v) is 5.38. The number of aliphatic hydroxyl groups excluding tert-OH is 2. The average Bonchev–Trinajstić information content (AvgIpc) is 2.24. The maximum absolute atomic E-state index is 13.2. The van der Waals surface area contributed by atoms with Crippen molar-refractivity contribution in [2.24, 2.45) is 0 Å². The minimum absolute atomic E-state index is 0.00683. The minimum Gasteiger partial charge on any atom is -0.389 e. The normalized spacial score (nSPS) is 14.9. The highest BCUT2D eigenvalue weighted by Crippen LogP contribution is 2.29. The fraction of sp³-hybridized carbons (Fsp3) is 0.400. The highest BCUT2D eigenvalue weighted by molar-refractivity contribution is 6.42. The van der Waals surface area contributed by atoms with Gasteiger partial charge in [-0.1, -0.05) is 23.2 Å². The van der Waals surface area contributed by atoms with E-state index in [4.69, 9.17) is 23.2 Å². The minimum atomic E-state index is -1.21. The number of rotatable bonds is 4. The maximum Gasteiger partial charge on any atom is 0.143 e. The smallest absolute Gasteiger partial charge is 0.143 e. The van der Waals surface area contributed by atoms with E-state index < -0.39 is 18.0 Å². The Morgan fingerprint density at radius 2 is 2.00 bits per heavy atom. The van der Waals surface area contributed by atoms with Crippen molar-refractivity contribution in [3.05, 3.63) is 33.6 Å². The molecule has 1 rings (SSSR count). The van der Waals surface area contributed by atoms with Gasteiger partial charge in [-0.3, -0.25) is 0 Å². The van der Waals surface area contributed by atoms with E-state index in [1.54, 1.807) is 7.05 Å². The Labute approximate surface area is 103 Å². The second-order valence-corrected chi connectivity index (χ2v) is 4.15. The van der Waals surface area contributed by atoms with Crippen LogP contribution in [0.2, 0.25) is 10.0 Å². The van der Waals surface area contributed by atoms with Gasteiger partial charge in [-0.2, -0.15) is 0 Å². The van der Waals surface area contributed by atoms with Gasteiger partial charge in [0.05, 0.1) is 16.1 Å². The summed E-state index contributed by atoms with van der Waals surface area (Å²) in [6, 6.07) is 2.38. The molecule has 90 valence electrons. The molecule has 6 heteroatoms. The summed E-state index contributed by atoms with van der Waals surface area (Å²) in [5.74, 6) is -0.722. The summed E-state index contributed by atoms with van der Waals surface area (Å²) in [4.78, 5) is 0. The van der Waals surface area contributed by atoms with E-state index in [1.807, 2.05) is 0 Å². The molecule has 2 unspecified atom stereocenters. The Morgan fingerprint density at radius 1 is 1.38 bits per heavy atom. The summed E-state index contributed by atoms with van der Waals surface area (Å²) >= 11 is 11.2. The topological polar surface area (TPSA) is 52.5 Å². The third-order valence-electron chi connectivity index (χ3n) is 2.13. The predicted octanol–water partition coefficient (Wildman–Crippen LogP) is 1.75. The molecule has 16 heavy (non-hydrogen) atoms. The van der Waals surface area contributed by atoms with Crippen LogP contribution in [0.4, 0.5) is 4.39 Å². The number of hydrogen-bond acceptors (Lipinski definition) is 3. The predicted molar refractivity (Wildman–Crippen MR) is 61.3 cm³/mol. The van der Waals surface area contributed by atoms with Crippen LogP contribution in [-0.4, -0.2) is 29.9 Å². The number of halogens is 3. The second kappa shape index (κ2) is 5.80. The summed E-state index contributed by atoms with van der Waals surface area (Å²) in [7, 11) is 1.63. The van der Waals surface area contributed by atoms with Gasteiger partial charge in [-0.15, -0.1) is 0 Å². The van der Waals surface area contributed by atoms with Gasteiger partial charge in [-0.25, -0.2) is 4.39 Å². The fourth-order valence-electron chi connectivity index (χ4n) is 1.29. The molecule has 0 amide bonds. The highest BCUT2D eigenvalue weighted by atomic mass is 35.5. The molecule has 0 saturated carbocycles. The quantitative estimate of drug-likeness (QED) is 0.729. The van der Waals surface area contributed by atoms with Crippen LogP contribution in [0.25, 0.3) is 0 Å². The maximum atomic E-state index is 13.2. The number of hydrogen-bond donors (Lipinski definition) is 3. The summed E-state index contributed by atoms with van der Waals surface area (Å²) in [6.07, 6.45) is -2.25. The van der Waals surface area contributed by atoms with E-state index in [-0.39, 0.29) is 22.2 Å². The lowest BCUT2D eigenvalue weighted by molar-refractivity contribution is 0.0201. The molecule has 0 radical (unpaired) electrons. The summed E-state index contributed by atoms with van der Waals surface area (Å²) in [5, 5.41) is 21.7. The molecule has 2 atom stereocenters. The summed E-state index contributed by atoms with van der Waals surface area (Å²) in [6.45, 7) is 0.184. The molecule has 0 bridgehead atoms. The monoisotopic (exact) mass is 267 g/mol. The van der Waals surface area contributed by atoms with Crippen LogP contribution >= 0.6 is 23.2 Å². The lowest BCUT2D eigenvalue weighted by atomic mass is 10.0. The van der Waals surface area contributed by atoms with E-state index in [0.29, 0.717) is 0 Å². The van der Waals surface area contributed by atoms with E-state index >= 15 is 0 Å². The van der Waals surface area contributed by atoms with Gasteiger partial charge in [0.2, 0.25) is 0 Å². The molecule has 3 nitrogen and oxygen atoms in total. The molecule has 0 aliphatic rings. The van der Waals surface area contributed by atoms with Crippen LogP contribution in [0.5, 0.6) is 0 Å². The van der Waals surface area contributed by atoms with E-state index in [1.165, 1.54) is 6.07 Å². The van der Waals surface area contributed by atoms with Crippen molar-refractivity contribution in [2.45, 2.75) is 12.2 Å². The van der Waals surface area contributed by atoms with Gasteiger partial charge in [0.15, 0.2) is 0 Å². The van der Waals surface area contributed by atoms with Gasteiger partial charge >= 0.3 is 0 Å². The van der Waals surface area contributed by atoms with Crippen molar-refractivity contribution in [3.8, 4) is 0 Å². The number of aliphatic hydroxyl groups is 2. The van der Waals surface area contributed by atoms with E-state index in [2.05, 4.69) is 5.32 Å². The van der Waals surface area contributed by atoms with Crippen LogP contribution in [0.1, 0.15) is 11.7 Å². The molecule has 0 fully saturated rings. The third kappa shape index (κ3) is 3.06. The van der Waals surface area contributed by atoms with Gasteiger partial charge in [0, 0.05) is 6.54 Å². The second-order valence-electron chi connectivity index (χ2n) is 3.37. The molecule has 0 spiro atoms. The van der Waals surface area contributed by atoms with Crippen LogP contribution in [0.3, 0.4) is 0 Å². The molecular formula is C10H12Cl2FNO2. The third-order valence-corrected chi connectivity index (χ3v) is 2.90. The standard InChI is InChI=1S/C10H12Cl2FNO2/c1-14-4-8(15)10(16)5-2-6(11)9(12)7(13)3-5/h2-3,8,10,14-16H,4H2,1H3. The first-order valence-electron chi connectivity index (χ1n) is 4.62. The molecule has 1 aromatic rings. The first kappa shape index (κ1) is 13.7. The number of likely N-dealkylation sites (N-methyl/N-ethyl adjacent to an activating group) is 1. The zero-order chi connectivity index (χ0) is 12.3. The summed E-state index contributed by atoms with van der Waals surface area (Å²) in [5.41, 5.74) is 0.189.